The molecule has 0 spiro atoms. The van der Waals surface area contributed by atoms with Gasteiger partial charge in [0.15, 0.2) is 0 Å². The number of aryl methyl sites for hydroxylation is 1. The standard InChI is InChI=1S/C23H28ClN3O2/c1-13-6-5-7-18(8-13)27-21-11-17(24)10-19(16(21)4)22(28)25-12-20-14(2)9-15(3)26-23(20)29/h5-8,10-11,14-15,20,27H,9,12H2,1-4H3,(H,25,28)(H,26,29). The van der Waals surface area contributed by atoms with Crippen molar-refractivity contribution in [3.05, 3.63) is 58.1 Å². The topological polar surface area (TPSA) is 70.2 Å². The van der Waals surface area contributed by atoms with E-state index in [1.54, 1.807) is 6.07 Å². The summed E-state index contributed by atoms with van der Waals surface area (Å²) in [6, 6.07) is 11.7. The molecule has 0 aromatic heterocycles. The zero-order chi connectivity index (χ0) is 21.1. The first-order chi connectivity index (χ1) is 13.7. The van der Waals surface area contributed by atoms with E-state index in [4.69, 9.17) is 11.6 Å². The van der Waals surface area contributed by atoms with Gasteiger partial charge in [-0.25, -0.2) is 0 Å². The van der Waals surface area contributed by atoms with E-state index in [1.807, 2.05) is 51.1 Å². The number of benzene rings is 2. The Kier molecular flexibility index (Phi) is 6.48. The molecule has 3 rings (SSSR count). The van der Waals surface area contributed by atoms with Gasteiger partial charge in [-0.3, -0.25) is 9.59 Å². The summed E-state index contributed by atoms with van der Waals surface area (Å²) in [5.41, 5.74) is 4.17. The number of rotatable bonds is 5. The summed E-state index contributed by atoms with van der Waals surface area (Å²) >= 11 is 6.29. The van der Waals surface area contributed by atoms with Gasteiger partial charge in [-0.05, 0) is 68.5 Å². The van der Waals surface area contributed by atoms with Crippen LogP contribution in [-0.4, -0.2) is 24.4 Å². The molecule has 1 aliphatic heterocycles. The summed E-state index contributed by atoms with van der Waals surface area (Å²) < 4.78 is 0. The van der Waals surface area contributed by atoms with E-state index in [1.165, 1.54) is 0 Å². The molecule has 6 heteroatoms. The first-order valence-corrected chi connectivity index (χ1v) is 10.3. The largest absolute Gasteiger partial charge is 0.355 e. The van der Waals surface area contributed by atoms with Crippen molar-refractivity contribution in [3.63, 3.8) is 0 Å². The Labute approximate surface area is 177 Å². The fourth-order valence-electron chi connectivity index (χ4n) is 3.90. The monoisotopic (exact) mass is 413 g/mol. The SMILES string of the molecule is Cc1cccc(Nc2cc(Cl)cc(C(=O)NCC3C(=O)NC(C)CC3C)c2C)c1. The Morgan fingerprint density at radius 1 is 1.21 bits per heavy atom. The van der Waals surface area contributed by atoms with Gasteiger partial charge < -0.3 is 16.0 Å². The normalized spacial score (nSPS) is 21.4. The molecule has 5 nitrogen and oxygen atoms in total. The second-order valence-electron chi connectivity index (χ2n) is 8.06. The van der Waals surface area contributed by atoms with Gasteiger partial charge in [-0.2, -0.15) is 0 Å². The molecule has 0 aliphatic carbocycles. The number of hydrogen-bond acceptors (Lipinski definition) is 3. The fourth-order valence-corrected chi connectivity index (χ4v) is 4.12. The van der Waals surface area contributed by atoms with Crippen molar-refractivity contribution in [3.8, 4) is 0 Å². The maximum absolute atomic E-state index is 12.9. The smallest absolute Gasteiger partial charge is 0.251 e. The zero-order valence-corrected chi connectivity index (χ0v) is 18.1. The maximum atomic E-state index is 12.9. The summed E-state index contributed by atoms with van der Waals surface area (Å²) in [4.78, 5) is 25.1. The molecular formula is C23H28ClN3O2. The third-order valence-electron chi connectivity index (χ3n) is 5.53. The van der Waals surface area contributed by atoms with Crippen LogP contribution in [0.1, 0.15) is 41.8 Å². The minimum Gasteiger partial charge on any atom is -0.355 e. The van der Waals surface area contributed by atoms with Gasteiger partial charge >= 0.3 is 0 Å². The fraction of sp³-hybridized carbons (Fsp3) is 0.391. The van der Waals surface area contributed by atoms with Gasteiger partial charge in [-0.1, -0.05) is 30.7 Å². The van der Waals surface area contributed by atoms with Gasteiger partial charge in [0, 0.05) is 34.5 Å². The number of amides is 2. The molecule has 2 amide bonds. The van der Waals surface area contributed by atoms with Crippen LogP contribution < -0.4 is 16.0 Å². The van der Waals surface area contributed by atoms with Crippen molar-refractivity contribution in [1.29, 1.82) is 0 Å². The highest BCUT2D eigenvalue weighted by Gasteiger charge is 2.32. The number of nitrogens with one attached hydrogen (secondary N) is 3. The summed E-state index contributed by atoms with van der Waals surface area (Å²) in [5.74, 6) is -0.227. The molecule has 154 valence electrons. The van der Waals surface area contributed by atoms with E-state index in [0.29, 0.717) is 17.1 Å². The summed E-state index contributed by atoms with van der Waals surface area (Å²) in [5, 5.41) is 9.71. The number of anilines is 2. The van der Waals surface area contributed by atoms with Crippen molar-refractivity contribution in [2.24, 2.45) is 11.8 Å². The van der Waals surface area contributed by atoms with Crippen molar-refractivity contribution in [1.82, 2.24) is 10.6 Å². The molecule has 3 N–H and O–H groups in total. The quantitative estimate of drug-likeness (QED) is 0.671. The average Bonchev–Trinajstić information content (AvgIpc) is 2.63. The van der Waals surface area contributed by atoms with E-state index in [9.17, 15) is 9.59 Å². The lowest BCUT2D eigenvalue weighted by molar-refractivity contribution is -0.129. The highest BCUT2D eigenvalue weighted by molar-refractivity contribution is 6.31. The number of carbonyl (C=O) groups is 2. The molecule has 1 saturated heterocycles. The summed E-state index contributed by atoms with van der Waals surface area (Å²) in [6.07, 6.45) is 0.910. The van der Waals surface area contributed by atoms with Crippen LogP contribution in [0.2, 0.25) is 5.02 Å². The lowest BCUT2D eigenvalue weighted by atomic mass is 9.84. The predicted octanol–water partition coefficient (Wildman–Crippen LogP) is 4.59. The van der Waals surface area contributed by atoms with Gasteiger partial charge in [0.05, 0.1) is 5.92 Å². The summed E-state index contributed by atoms with van der Waals surface area (Å²) in [7, 11) is 0. The molecule has 3 unspecified atom stereocenters. The number of piperidine rings is 1. The van der Waals surface area contributed by atoms with Crippen LogP contribution in [0.3, 0.4) is 0 Å². The predicted molar refractivity (Wildman–Crippen MR) is 118 cm³/mol. The molecule has 29 heavy (non-hydrogen) atoms. The Morgan fingerprint density at radius 2 is 1.97 bits per heavy atom. The second kappa shape index (κ2) is 8.87. The van der Waals surface area contributed by atoms with Crippen LogP contribution in [0.4, 0.5) is 11.4 Å². The Morgan fingerprint density at radius 3 is 2.66 bits per heavy atom. The Hall–Kier alpha value is -2.53. The first kappa shape index (κ1) is 21.2. The lowest BCUT2D eigenvalue weighted by Gasteiger charge is -2.32. The lowest BCUT2D eigenvalue weighted by Crippen LogP contribution is -2.50. The molecule has 1 fully saturated rings. The van der Waals surface area contributed by atoms with Gasteiger partial charge in [0.2, 0.25) is 5.91 Å². The molecule has 2 aromatic rings. The van der Waals surface area contributed by atoms with Crippen LogP contribution in [0.5, 0.6) is 0 Å². The van der Waals surface area contributed by atoms with E-state index >= 15 is 0 Å². The Bertz CT molecular complexity index is 928. The van der Waals surface area contributed by atoms with Crippen LogP contribution in [0.15, 0.2) is 36.4 Å². The van der Waals surface area contributed by atoms with E-state index in [2.05, 4.69) is 22.9 Å². The van der Waals surface area contributed by atoms with Crippen molar-refractivity contribution in [2.75, 3.05) is 11.9 Å². The summed E-state index contributed by atoms with van der Waals surface area (Å²) in [6.45, 7) is 8.28. The van der Waals surface area contributed by atoms with Crippen LogP contribution in [-0.2, 0) is 4.79 Å². The highest BCUT2D eigenvalue weighted by atomic mass is 35.5. The Balaban J connectivity index is 1.75. The third kappa shape index (κ3) is 5.10. The molecule has 2 aromatic carbocycles. The maximum Gasteiger partial charge on any atom is 0.251 e. The number of halogens is 1. The average molecular weight is 414 g/mol. The van der Waals surface area contributed by atoms with Crippen molar-refractivity contribution in [2.45, 2.75) is 40.2 Å². The molecule has 0 bridgehead atoms. The third-order valence-corrected chi connectivity index (χ3v) is 5.75. The second-order valence-corrected chi connectivity index (χ2v) is 8.50. The molecule has 3 atom stereocenters. The minimum absolute atomic E-state index is 0.00108. The van der Waals surface area contributed by atoms with Gasteiger partial charge in [0.1, 0.15) is 0 Å². The molecule has 0 saturated carbocycles. The van der Waals surface area contributed by atoms with E-state index in [0.717, 1.165) is 28.9 Å². The zero-order valence-electron chi connectivity index (χ0n) is 17.3. The van der Waals surface area contributed by atoms with Crippen LogP contribution in [0.25, 0.3) is 0 Å². The molecule has 0 radical (unpaired) electrons. The van der Waals surface area contributed by atoms with Crippen LogP contribution >= 0.6 is 11.6 Å². The highest BCUT2D eigenvalue weighted by Crippen LogP contribution is 2.28. The molecular weight excluding hydrogens is 386 g/mol. The first-order valence-electron chi connectivity index (χ1n) is 9.97. The van der Waals surface area contributed by atoms with Crippen LogP contribution in [0, 0.1) is 25.7 Å². The number of hydrogen-bond donors (Lipinski definition) is 3. The molecule has 1 aliphatic rings. The van der Waals surface area contributed by atoms with Crippen molar-refractivity contribution < 1.29 is 9.59 Å². The van der Waals surface area contributed by atoms with E-state index in [-0.39, 0.29) is 29.7 Å². The van der Waals surface area contributed by atoms with Gasteiger partial charge in [0.25, 0.3) is 5.91 Å². The van der Waals surface area contributed by atoms with Crippen molar-refractivity contribution >= 4 is 34.8 Å². The van der Waals surface area contributed by atoms with E-state index < -0.39 is 0 Å². The minimum atomic E-state index is -0.226. The number of carbonyl (C=O) groups excluding carboxylic acids is 2. The molecule has 1 heterocycles. The van der Waals surface area contributed by atoms with Gasteiger partial charge in [-0.15, -0.1) is 0 Å².